The third-order valence-electron chi connectivity index (χ3n) is 4.57. The number of aromatic nitrogens is 1. The number of hydrogen-bond donors (Lipinski definition) is 1. The van der Waals surface area contributed by atoms with Crippen LogP contribution in [-0.2, 0) is 0 Å². The molecule has 2 aromatic carbocycles. The van der Waals surface area contributed by atoms with Crippen LogP contribution in [0.4, 0.5) is 14.9 Å². The molecular formula is C19H17ClFN3O2. The van der Waals surface area contributed by atoms with Gasteiger partial charge in [0.1, 0.15) is 11.3 Å². The molecule has 1 aromatic heterocycles. The van der Waals surface area contributed by atoms with E-state index in [1.165, 1.54) is 12.1 Å². The molecule has 3 aromatic rings. The Morgan fingerprint density at radius 3 is 2.81 bits per heavy atom. The predicted molar refractivity (Wildman–Crippen MR) is 98.0 cm³/mol. The average molecular weight is 374 g/mol. The second-order valence-corrected chi connectivity index (χ2v) is 6.80. The van der Waals surface area contributed by atoms with Gasteiger partial charge in [0.05, 0.1) is 0 Å². The highest BCUT2D eigenvalue weighted by molar-refractivity contribution is 6.31. The summed E-state index contributed by atoms with van der Waals surface area (Å²) in [6.45, 7) is 1.18. The maximum absolute atomic E-state index is 13.2. The first kappa shape index (κ1) is 16.8. The van der Waals surface area contributed by atoms with Crippen LogP contribution in [0.2, 0.25) is 5.02 Å². The minimum absolute atomic E-state index is 0.166. The third kappa shape index (κ3) is 3.51. The quantitative estimate of drug-likeness (QED) is 0.685. The van der Waals surface area contributed by atoms with E-state index in [9.17, 15) is 9.18 Å². The zero-order chi connectivity index (χ0) is 18.1. The summed E-state index contributed by atoms with van der Waals surface area (Å²) in [6, 6.07) is 11.0. The largest absolute Gasteiger partial charge is 0.440 e. The van der Waals surface area contributed by atoms with Crippen LogP contribution in [0, 0.1) is 5.82 Å². The summed E-state index contributed by atoms with van der Waals surface area (Å²) in [5.74, 6) is 0.476. The van der Waals surface area contributed by atoms with E-state index in [1.807, 2.05) is 6.07 Å². The number of carbonyl (C=O) groups excluding carboxylic acids is 1. The van der Waals surface area contributed by atoms with Gasteiger partial charge in [-0.2, -0.15) is 0 Å². The Labute approximate surface area is 154 Å². The first-order chi connectivity index (χ1) is 12.6. The van der Waals surface area contributed by atoms with Gasteiger partial charge in [-0.1, -0.05) is 17.7 Å². The van der Waals surface area contributed by atoms with Crippen molar-refractivity contribution in [3.05, 3.63) is 59.2 Å². The Bertz CT molecular complexity index is 951. The van der Waals surface area contributed by atoms with Gasteiger partial charge in [0, 0.05) is 29.7 Å². The third-order valence-corrected chi connectivity index (χ3v) is 4.81. The topological polar surface area (TPSA) is 58.4 Å². The lowest BCUT2D eigenvalue weighted by atomic mass is 9.97. The number of oxazole rings is 1. The molecular weight excluding hydrogens is 357 g/mol. The minimum Gasteiger partial charge on any atom is -0.440 e. The second-order valence-electron chi connectivity index (χ2n) is 6.37. The number of anilines is 1. The average Bonchev–Trinajstić information content (AvgIpc) is 3.05. The lowest BCUT2D eigenvalue weighted by Crippen LogP contribution is -2.40. The number of amides is 2. The molecule has 2 amide bonds. The molecule has 0 saturated carbocycles. The molecule has 0 unspecified atom stereocenters. The first-order valence-corrected chi connectivity index (χ1v) is 8.84. The monoisotopic (exact) mass is 373 g/mol. The molecule has 5 nitrogen and oxygen atoms in total. The van der Waals surface area contributed by atoms with E-state index in [4.69, 9.17) is 16.0 Å². The van der Waals surface area contributed by atoms with Gasteiger partial charge in [-0.15, -0.1) is 0 Å². The van der Waals surface area contributed by atoms with Crippen LogP contribution in [0.15, 0.2) is 46.9 Å². The number of rotatable bonds is 2. The van der Waals surface area contributed by atoms with Gasteiger partial charge in [0.15, 0.2) is 11.5 Å². The van der Waals surface area contributed by atoms with E-state index < -0.39 is 0 Å². The van der Waals surface area contributed by atoms with Crippen LogP contribution in [0.5, 0.6) is 0 Å². The van der Waals surface area contributed by atoms with E-state index >= 15 is 0 Å². The molecule has 26 heavy (non-hydrogen) atoms. The fourth-order valence-electron chi connectivity index (χ4n) is 3.19. The summed E-state index contributed by atoms with van der Waals surface area (Å²) >= 11 is 5.99. The number of likely N-dealkylation sites (tertiary alicyclic amines) is 1. The van der Waals surface area contributed by atoms with Crippen molar-refractivity contribution in [1.82, 2.24) is 9.88 Å². The number of carbonyl (C=O) groups is 1. The zero-order valence-corrected chi connectivity index (χ0v) is 14.7. The number of halogens is 2. The number of hydrogen-bond acceptors (Lipinski definition) is 3. The molecule has 0 bridgehead atoms. The lowest BCUT2D eigenvalue weighted by molar-refractivity contribution is 0.190. The Morgan fingerprint density at radius 2 is 2.04 bits per heavy atom. The van der Waals surface area contributed by atoms with Gasteiger partial charge in [0.2, 0.25) is 0 Å². The molecule has 1 fully saturated rings. The summed E-state index contributed by atoms with van der Waals surface area (Å²) in [4.78, 5) is 18.6. The van der Waals surface area contributed by atoms with E-state index in [-0.39, 0.29) is 17.8 Å². The molecule has 0 spiro atoms. The van der Waals surface area contributed by atoms with Crippen LogP contribution in [-0.4, -0.2) is 29.0 Å². The lowest BCUT2D eigenvalue weighted by Gasteiger charge is -2.30. The summed E-state index contributed by atoms with van der Waals surface area (Å²) in [6.07, 6.45) is 1.52. The maximum Gasteiger partial charge on any atom is 0.321 e. The van der Waals surface area contributed by atoms with Crippen molar-refractivity contribution in [2.24, 2.45) is 0 Å². The molecule has 1 N–H and O–H groups in total. The normalized spacial score (nSPS) is 15.4. The maximum atomic E-state index is 13.2. The smallest absolute Gasteiger partial charge is 0.321 e. The van der Waals surface area contributed by atoms with Crippen molar-refractivity contribution in [3.8, 4) is 0 Å². The Kier molecular flexibility index (Phi) is 4.51. The minimum atomic E-state index is -0.377. The van der Waals surface area contributed by atoms with Crippen LogP contribution in [0.3, 0.4) is 0 Å². The molecule has 1 aliphatic rings. The van der Waals surface area contributed by atoms with Gasteiger partial charge in [-0.25, -0.2) is 14.2 Å². The molecule has 7 heteroatoms. The molecule has 2 heterocycles. The Balaban J connectivity index is 1.39. The van der Waals surface area contributed by atoms with Crippen LogP contribution < -0.4 is 5.32 Å². The van der Waals surface area contributed by atoms with Crippen molar-refractivity contribution in [1.29, 1.82) is 0 Å². The fraction of sp³-hybridized carbons (Fsp3) is 0.263. The number of benzene rings is 2. The van der Waals surface area contributed by atoms with Gasteiger partial charge in [-0.05, 0) is 49.2 Å². The standard InChI is InChI=1S/C19H17ClFN3O2/c20-13-4-5-17-16(10-13)23-18(26-17)12-6-8-24(9-7-12)19(25)22-15-3-1-2-14(21)11-15/h1-5,10-12H,6-9H2,(H,22,25). The second kappa shape index (κ2) is 6.96. The van der Waals surface area contributed by atoms with Crippen molar-refractivity contribution < 1.29 is 13.6 Å². The summed E-state index contributed by atoms with van der Waals surface area (Å²) in [7, 11) is 0. The molecule has 134 valence electrons. The molecule has 1 aliphatic heterocycles. The Hall–Kier alpha value is -2.60. The van der Waals surface area contributed by atoms with Crippen molar-refractivity contribution in [2.45, 2.75) is 18.8 Å². The van der Waals surface area contributed by atoms with Crippen LogP contribution in [0.1, 0.15) is 24.7 Å². The molecule has 4 rings (SSSR count). The van der Waals surface area contributed by atoms with Gasteiger partial charge in [-0.3, -0.25) is 0 Å². The van der Waals surface area contributed by atoms with E-state index in [0.29, 0.717) is 29.7 Å². The fourth-order valence-corrected chi connectivity index (χ4v) is 3.36. The number of nitrogens with one attached hydrogen (secondary N) is 1. The SMILES string of the molecule is O=C(Nc1cccc(F)c1)N1CCC(c2nc3cc(Cl)ccc3o2)CC1. The van der Waals surface area contributed by atoms with Gasteiger partial charge >= 0.3 is 6.03 Å². The van der Waals surface area contributed by atoms with E-state index in [1.54, 1.807) is 29.2 Å². The highest BCUT2D eigenvalue weighted by Gasteiger charge is 2.27. The van der Waals surface area contributed by atoms with E-state index in [2.05, 4.69) is 10.3 Å². The molecule has 0 atom stereocenters. The van der Waals surface area contributed by atoms with Gasteiger partial charge < -0.3 is 14.6 Å². The predicted octanol–water partition coefficient (Wildman–Crippen LogP) is 5.03. The van der Waals surface area contributed by atoms with Crippen molar-refractivity contribution in [2.75, 3.05) is 18.4 Å². The highest BCUT2D eigenvalue weighted by atomic mass is 35.5. The number of piperidine rings is 1. The van der Waals surface area contributed by atoms with E-state index in [0.717, 1.165) is 23.9 Å². The van der Waals surface area contributed by atoms with Crippen LogP contribution in [0.25, 0.3) is 11.1 Å². The Morgan fingerprint density at radius 1 is 1.23 bits per heavy atom. The molecule has 1 saturated heterocycles. The summed E-state index contributed by atoms with van der Waals surface area (Å²) in [5, 5.41) is 3.35. The number of nitrogens with zero attached hydrogens (tertiary/aromatic N) is 2. The number of fused-ring (bicyclic) bond motifs is 1. The first-order valence-electron chi connectivity index (χ1n) is 8.46. The molecule has 0 radical (unpaired) electrons. The summed E-state index contributed by atoms with van der Waals surface area (Å²) in [5.41, 5.74) is 1.92. The number of urea groups is 1. The zero-order valence-electron chi connectivity index (χ0n) is 13.9. The van der Waals surface area contributed by atoms with Gasteiger partial charge in [0.25, 0.3) is 0 Å². The molecule has 0 aliphatic carbocycles. The highest BCUT2D eigenvalue weighted by Crippen LogP contribution is 2.31. The van der Waals surface area contributed by atoms with Crippen molar-refractivity contribution in [3.63, 3.8) is 0 Å². The van der Waals surface area contributed by atoms with Crippen LogP contribution >= 0.6 is 11.6 Å². The van der Waals surface area contributed by atoms with Crippen molar-refractivity contribution >= 4 is 34.4 Å². The summed E-state index contributed by atoms with van der Waals surface area (Å²) < 4.78 is 19.1.